The maximum absolute atomic E-state index is 14.1. The van der Waals surface area contributed by atoms with Crippen LogP contribution in [0.25, 0.3) is 0 Å². The Morgan fingerprint density at radius 2 is 1.63 bits per heavy atom. The topological polar surface area (TPSA) is 126 Å². The Kier molecular flexibility index (Phi) is 7.09. The van der Waals surface area contributed by atoms with Crippen LogP contribution in [0.2, 0.25) is 0 Å². The minimum Gasteiger partial charge on any atom is -0.393 e. The highest BCUT2D eigenvalue weighted by Crippen LogP contribution is 2.70. The highest BCUT2D eigenvalue weighted by molar-refractivity contribution is 6.17. The number of rotatable bonds is 7. The summed E-state index contributed by atoms with van der Waals surface area (Å²) in [7, 11) is 0. The summed E-state index contributed by atoms with van der Waals surface area (Å²) in [5.41, 5.74) is -3.34. The molecule has 0 aliphatic heterocycles. The molecule has 0 amide bonds. The number of hydrogen-bond donors (Lipinski definition) is 2. The molecule has 210 valence electrons. The zero-order valence-corrected chi connectivity index (χ0v) is 23.9. The van der Waals surface area contributed by atoms with Crippen molar-refractivity contribution < 1.29 is 34.2 Å². The molecule has 4 rings (SSSR count). The number of aliphatic hydroxyl groups excluding tert-OH is 2. The molecule has 0 bridgehead atoms. The van der Waals surface area contributed by atoms with Crippen molar-refractivity contribution in [1.29, 1.82) is 0 Å². The highest BCUT2D eigenvalue weighted by atomic mass is 16.3. The third-order valence-electron chi connectivity index (χ3n) is 11.6. The van der Waals surface area contributed by atoms with E-state index in [0.717, 1.165) is 6.29 Å². The van der Waals surface area contributed by atoms with Gasteiger partial charge in [-0.25, -0.2) is 0 Å². The van der Waals surface area contributed by atoms with Crippen molar-refractivity contribution >= 4 is 29.4 Å². The molecule has 7 nitrogen and oxygen atoms in total. The fourth-order valence-electron chi connectivity index (χ4n) is 9.06. The number of ketones is 4. The van der Waals surface area contributed by atoms with E-state index in [2.05, 4.69) is 0 Å². The van der Waals surface area contributed by atoms with Gasteiger partial charge in [0.15, 0.2) is 11.6 Å². The fraction of sp³-hybridized carbons (Fsp3) is 0.774. The number of allylic oxidation sites excluding steroid dienone is 1. The minimum atomic E-state index is -1.48. The van der Waals surface area contributed by atoms with Crippen LogP contribution in [-0.2, 0) is 24.0 Å². The van der Waals surface area contributed by atoms with E-state index in [-0.39, 0.29) is 66.4 Å². The predicted octanol–water partition coefficient (Wildman–Crippen LogP) is 3.81. The van der Waals surface area contributed by atoms with Crippen LogP contribution < -0.4 is 0 Å². The molecule has 38 heavy (non-hydrogen) atoms. The summed E-state index contributed by atoms with van der Waals surface area (Å²) in [4.78, 5) is 65.6. The van der Waals surface area contributed by atoms with E-state index in [1.165, 1.54) is 0 Å². The maximum atomic E-state index is 14.1. The average Bonchev–Trinajstić information content (AvgIpc) is 3.03. The van der Waals surface area contributed by atoms with Crippen molar-refractivity contribution in [3.63, 3.8) is 0 Å². The summed E-state index contributed by atoms with van der Waals surface area (Å²) < 4.78 is 0. The Labute approximate surface area is 225 Å². The highest BCUT2D eigenvalue weighted by Gasteiger charge is 2.73. The molecule has 0 unspecified atom stereocenters. The van der Waals surface area contributed by atoms with E-state index in [9.17, 15) is 34.2 Å². The summed E-state index contributed by atoms with van der Waals surface area (Å²) in [5, 5.41) is 22.5. The van der Waals surface area contributed by atoms with Gasteiger partial charge in [-0.15, -0.1) is 0 Å². The minimum absolute atomic E-state index is 0.0138. The summed E-state index contributed by atoms with van der Waals surface area (Å²) in [6.45, 7) is 13.0. The zero-order chi connectivity index (χ0) is 28.6. The van der Waals surface area contributed by atoms with Crippen LogP contribution in [0.3, 0.4) is 0 Å². The van der Waals surface area contributed by atoms with Crippen molar-refractivity contribution in [3.8, 4) is 0 Å². The van der Waals surface area contributed by atoms with Gasteiger partial charge in [-0.1, -0.05) is 41.5 Å². The summed E-state index contributed by atoms with van der Waals surface area (Å²) >= 11 is 0. The monoisotopic (exact) mass is 528 g/mol. The molecule has 0 radical (unpaired) electrons. The molecule has 0 aromatic rings. The Balaban J connectivity index is 1.79. The number of carbonyl (C=O) groups is 5. The number of Topliss-reactive ketones (excluding diaryl/α,β-unsaturated/α-hetero) is 4. The van der Waals surface area contributed by atoms with Gasteiger partial charge >= 0.3 is 0 Å². The number of hydrogen-bond acceptors (Lipinski definition) is 7. The first-order valence-corrected chi connectivity index (χ1v) is 14.2. The van der Waals surface area contributed by atoms with E-state index in [1.54, 1.807) is 13.8 Å². The molecule has 0 spiro atoms. The molecule has 2 N–H and O–H groups in total. The normalized spacial score (nSPS) is 41.8. The van der Waals surface area contributed by atoms with E-state index in [0.29, 0.717) is 24.8 Å². The second-order valence-corrected chi connectivity index (χ2v) is 14.1. The standard InChI is InChI=1S/C31H44O7/c1-16(9-11-32)12-18(33)13-17(2)19-14-23(36)31(7)24-20(34)15-21-28(3,4)22(35)8-10-29(21,5)25(24)26(37)27(38)30(19,31)6/h11,16-17,19,21-22,27,35,38H,8-10,12-15H2,1-7H3/t16-,17-,19-,21+,22+,27-,29+,30+,31+/m1/s1. The first-order chi connectivity index (χ1) is 17.5. The lowest BCUT2D eigenvalue weighted by atomic mass is 9.42. The average molecular weight is 529 g/mol. The van der Waals surface area contributed by atoms with Gasteiger partial charge in [-0.05, 0) is 48.9 Å². The van der Waals surface area contributed by atoms with Crippen molar-refractivity contribution in [2.75, 3.05) is 0 Å². The molecule has 2 saturated carbocycles. The zero-order valence-electron chi connectivity index (χ0n) is 23.9. The third kappa shape index (κ3) is 3.71. The molecule has 0 aromatic heterocycles. The Morgan fingerprint density at radius 3 is 2.24 bits per heavy atom. The van der Waals surface area contributed by atoms with Gasteiger partial charge in [0.2, 0.25) is 0 Å². The Morgan fingerprint density at radius 1 is 1.00 bits per heavy atom. The summed E-state index contributed by atoms with van der Waals surface area (Å²) in [5.74, 6) is -2.00. The SMILES string of the molecule is C[C@H](CC=O)CC(=O)C[C@@H](C)[C@H]1CC(=O)[C@@]2(C)C3=C(C(=O)[C@@H](O)[C@]12C)[C@@]1(C)CC[C@H](O)C(C)(C)[C@@H]1CC3=O. The lowest BCUT2D eigenvalue weighted by Crippen LogP contribution is -2.64. The summed E-state index contributed by atoms with van der Waals surface area (Å²) in [6, 6.07) is 0. The Bertz CT molecular complexity index is 1120. The molecule has 2 fully saturated rings. The van der Waals surface area contributed by atoms with Gasteiger partial charge in [0.1, 0.15) is 24.0 Å². The van der Waals surface area contributed by atoms with Crippen LogP contribution in [0.1, 0.15) is 93.4 Å². The van der Waals surface area contributed by atoms with E-state index < -0.39 is 45.6 Å². The van der Waals surface area contributed by atoms with Crippen molar-refractivity contribution in [2.24, 2.45) is 45.3 Å². The van der Waals surface area contributed by atoms with Crippen LogP contribution in [0, 0.1) is 45.3 Å². The summed E-state index contributed by atoms with van der Waals surface area (Å²) in [6.07, 6.45) is 0.670. The lowest BCUT2D eigenvalue weighted by Gasteiger charge is -2.60. The van der Waals surface area contributed by atoms with Crippen molar-refractivity contribution in [3.05, 3.63) is 11.1 Å². The van der Waals surface area contributed by atoms with Gasteiger partial charge in [0.25, 0.3) is 0 Å². The predicted molar refractivity (Wildman–Crippen MR) is 141 cm³/mol. The van der Waals surface area contributed by atoms with E-state index >= 15 is 0 Å². The van der Waals surface area contributed by atoms with Crippen LogP contribution in [0.15, 0.2) is 11.1 Å². The van der Waals surface area contributed by atoms with E-state index in [4.69, 9.17) is 0 Å². The second kappa shape index (κ2) is 9.29. The third-order valence-corrected chi connectivity index (χ3v) is 11.6. The largest absolute Gasteiger partial charge is 0.393 e. The molecule has 0 heterocycles. The van der Waals surface area contributed by atoms with Gasteiger partial charge in [0.05, 0.1) is 11.5 Å². The van der Waals surface area contributed by atoms with E-state index in [1.807, 2.05) is 34.6 Å². The molecule has 0 saturated heterocycles. The molecular formula is C31H44O7. The van der Waals surface area contributed by atoms with Crippen LogP contribution in [-0.4, -0.2) is 51.8 Å². The molecule has 4 aliphatic carbocycles. The number of aliphatic hydroxyl groups is 2. The number of carbonyl (C=O) groups excluding carboxylic acids is 5. The number of aldehydes is 1. The molecule has 7 heteroatoms. The lowest BCUT2D eigenvalue weighted by molar-refractivity contribution is -0.158. The van der Waals surface area contributed by atoms with Crippen molar-refractivity contribution in [2.45, 2.75) is 106 Å². The van der Waals surface area contributed by atoms with Gasteiger partial charge < -0.3 is 15.0 Å². The molecule has 4 aliphatic rings. The quantitative estimate of drug-likeness (QED) is 0.481. The second-order valence-electron chi connectivity index (χ2n) is 14.1. The molecule has 9 atom stereocenters. The van der Waals surface area contributed by atoms with Gasteiger partial charge in [-0.2, -0.15) is 0 Å². The smallest absolute Gasteiger partial charge is 0.188 e. The number of fused-ring (bicyclic) bond motifs is 4. The molecular weight excluding hydrogens is 484 g/mol. The van der Waals surface area contributed by atoms with Crippen LogP contribution in [0.5, 0.6) is 0 Å². The fourth-order valence-corrected chi connectivity index (χ4v) is 9.06. The van der Waals surface area contributed by atoms with Gasteiger partial charge in [-0.3, -0.25) is 19.2 Å². The Hall–Kier alpha value is -1.99. The first kappa shape index (κ1) is 29.0. The van der Waals surface area contributed by atoms with Crippen LogP contribution >= 0.6 is 0 Å². The molecule has 0 aromatic carbocycles. The van der Waals surface area contributed by atoms with Crippen LogP contribution in [0.4, 0.5) is 0 Å². The van der Waals surface area contributed by atoms with Crippen molar-refractivity contribution in [1.82, 2.24) is 0 Å². The first-order valence-electron chi connectivity index (χ1n) is 14.2. The van der Waals surface area contributed by atoms with Gasteiger partial charge in [0, 0.05) is 54.1 Å². The maximum Gasteiger partial charge on any atom is 0.188 e.